The van der Waals surface area contributed by atoms with Gasteiger partial charge in [0.2, 0.25) is 5.91 Å². The predicted molar refractivity (Wildman–Crippen MR) is 125 cm³/mol. The Kier molecular flexibility index (Phi) is 7.44. The summed E-state index contributed by atoms with van der Waals surface area (Å²) < 4.78 is 6.46. The number of nitrogens with two attached hydrogens (primary N) is 1. The van der Waals surface area contributed by atoms with Crippen molar-refractivity contribution in [3.63, 3.8) is 0 Å². The minimum atomic E-state index is -0.694. The molecule has 3 aromatic rings. The number of halogens is 2. The number of ether oxygens (including phenoxy) is 1. The fourth-order valence-corrected chi connectivity index (χ4v) is 5.09. The van der Waals surface area contributed by atoms with Crippen molar-refractivity contribution in [3.05, 3.63) is 44.2 Å². The van der Waals surface area contributed by atoms with Crippen LogP contribution in [0.2, 0.25) is 10.0 Å². The highest BCUT2D eigenvalue weighted by molar-refractivity contribution is 7.99. The third kappa shape index (κ3) is 4.90. The Hall–Kier alpha value is -2.60. The molecule has 3 rings (SSSR count). The Morgan fingerprint density at radius 1 is 1.28 bits per heavy atom. The lowest BCUT2D eigenvalue weighted by Crippen LogP contribution is -2.16. The van der Waals surface area contributed by atoms with E-state index in [0.717, 1.165) is 23.1 Å². The van der Waals surface area contributed by atoms with E-state index in [4.69, 9.17) is 33.7 Å². The lowest BCUT2D eigenvalue weighted by molar-refractivity contribution is -0.113. The van der Waals surface area contributed by atoms with E-state index >= 15 is 0 Å². The maximum absolute atomic E-state index is 12.5. The number of anilines is 1. The van der Waals surface area contributed by atoms with E-state index in [2.05, 4.69) is 15.5 Å². The number of rotatable bonds is 7. The zero-order valence-corrected chi connectivity index (χ0v) is 20.2. The maximum atomic E-state index is 12.5. The molecule has 0 fully saturated rings. The van der Waals surface area contributed by atoms with Gasteiger partial charge in [-0.1, -0.05) is 35.0 Å². The van der Waals surface area contributed by atoms with Crippen molar-refractivity contribution in [2.45, 2.75) is 12.1 Å². The molecule has 168 valence electrons. The standard InChI is InChI=1S/C19H17Cl2N5O4S2/c1-8-13(18(29)30-3)17(32-14(8)15(22)28)23-12(27)7-31-19-25-24-16(26(19)2)10-5-4-9(20)6-11(10)21/h4-6H,7H2,1-3H3,(H2,22,28)(H,23,27). The van der Waals surface area contributed by atoms with Crippen LogP contribution in [0.1, 0.15) is 25.6 Å². The number of benzene rings is 1. The van der Waals surface area contributed by atoms with Gasteiger partial charge >= 0.3 is 5.97 Å². The van der Waals surface area contributed by atoms with Gasteiger partial charge < -0.3 is 20.4 Å². The summed E-state index contributed by atoms with van der Waals surface area (Å²) in [5.41, 5.74) is 6.47. The summed E-state index contributed by atoms with van der Waals surface area (Å²) in [7, 11) is 2.96. The molecule has 32 heavy (non-hydrogen) atoms. The van der Waals surface area contributed by atoms with Crippen LogP contribution in [0.25, 0.3) is 11.4 Å². The number of primary amides is 1. The summed E-state index contributed by atoms with van der Waals surface area (Å²) in [4.78, 5) is 36.4. The number of carbonyl (C=O) groups is 3. The molecule has 3 N–H and O–H groups in total. The van der Waals surface area contributed by atoms with Gasteiger partial charge in [-0.15, -0.1) is 21.5 Å². The van der Waals surface area contributed by atoms with Gasteiger partial charge in [0.25, 0.3) is 5.91 Å². The van der Waals surface area contributed by atoms with Crippen molar-refractivity contribution in [3.8, 4) is 11.4 Å². The van der Waals surface area contributed by atoms with Crippen LogP contribution in [0.3, 0.4) is 0 Å². The molecule has 0 aliphatic heterocycles. The molecule has 0 atom stereocenters. The largest absolute Gasteiger partial charge is 0.465 e. The Morgan fingerprint density at radius 3 is 2.62 bits per heavy atom. The number of hydrogen-bond donors (Lipinski definition) is 2. The molecule has 0 aliphatic carbocycles. The Morgan fingerprint density at radius 2 is 2.00 bits per heavy atom. The van der Waals surface area contributed by atoms with E-state index in [-0.39, 0.29) is 21.2 Å². The lowest BCUT2D eigenvalue weighted by atomic mass is 10.1. The second-order valence-corrected chi connectivity index (χ2v) is 9.25. The molecule has 2 heterocycles. The Balaban J connectivity index is 1.75. The topological polar surface area (TPSA) is 129 Å². The fraction of sp³-hybridized carbons (Fsp3) is 0.211. The molecule has 0 aliphatic rings. The van der Waals surface area contributed by atoms with E-state index in [0.29, 0.717) is 32.2 Å². The summed E-state index contributed by atoms with van der Waals surface area (Å²) in [5.74, 6) is -1.29. The van der Waals surface area contributed by atoms with Gasteiger partial charge in [0.1, 0.15) is 5.00 Å². The molecule has 0 saturated heterocycles. The number of nitrogens with zero attached hydrogens (tertiary/aromatic N) is 3. The van der Waals surface area contributed by atoms with Crippen LogP contribution in [0.4, 0.5) is 5.00 Å². The van der Waals surface area contributed by atoms with E-state index in [1.807, 2.05) is 0 Å². The molecule has 1 aromatic carbocycles. The molecule has 0 bridgehead atoms. The highest BCUT2D eigenvalue weighted by atomic mass is 35.5. The summed E-state index contributed by atoms with van der Waals surface area (Å²) in [5, 5.41) is 12.5. The number of thioether (sulfide) groups is 1. The van der Waals surface area contributed by atoms with Crippen LogP contribution in [0.15, 0.2) is 23.4 Å². The van der Waals surface area contributed by atoms with E-state index in [1.54, 1.807) is 36.7 Å². The van der Waals surface area contributed by atoms with Gasteiger partial charge in [-0.25, -0.2) is 4.79 Å². The molecule has 0 unspecified atom stereocenters. The van der Waals surface area contributed by atoms with Crippen molar-refractivity contribution in [1.29, 1.82) is 0 Å². The molecule has 2 aromatic heterocycles. The Labute approximate surface area is 201 Å². The van der Waals surface area contributed by atoms with Gasteiger partial charge in [-0.3, -0.25) is 9.59 Å². The van der Waals surface area contributed by atoms with Crippen LogP contribution >= 0.6 is 46.3 Å². The average Bonchev–Trinajstić information content (AvgIpc) is 3.25. The second-order valence-electron chi connectivity index (χ2n) is 6.44. The number of nitrogens with one attached hydrogen (secondary N) is 1. The fourth-order valence-electron chi connectivity index (χ4n) is 2.82. The summed E-state index contributed by atoms with van der Waals surface area (Å²) in [6.07, 6.45) is 0. The average molecular weight is 514 g/mol. The van der Waals surface area contributed by atoms with Crippen molar-refractivity contribution >= 4 is 69.1 Å². The first-order chi connectivity index (χ1) is 15.1. The van der Waals surface area contributed by atoms with Crippen LogP contribution < -0.4 is 11.1 Å². The number of aromatic nitrogens is 3. The smallest absolute Gasteiger partial charge is 0.341 e. The second kappa shape index (κ2) is 9.90. The number of methoxy groups -OCH3 is 1. The normalized spacial score (nSPS) is 10.8. The summed E-state index contributed by atoms with van der Waals surface area (Å²) in [6.45, 7) is 1.57. The first-order valence-electron chi connectivity index (χ1n) is 8.93. The highest BCUT2D eigenvalue weighted by Gasteiger charge is 2.25. The molecule has 9 nitrogen and oxygen atoms in total. The minimum Gasteiger partial charge on any atom is -0.465 e. The van der Waals surface area contributed by atoms with Crippen molar-refractivity contribution < 1.29 is 19.1 Å². The van der Waals surface area contributed by atoms with E-state index < -0.39 is 17.8 Å². The molecule has 0 spiro atoms. The number of thiophene rings is 1. The molecule has 2 amide bonds. The van der Waals surface area contributed by atoms with Crippen LogP contribution in [0.5, 0.6) is 0 Å². The Bertz CT molecular complexity index is 1220. The number of carbonyl (C=O) groups excluding carboxylic acids is 3. The number of hydrogen-bond acceptors (Lipinski definition) is 8. The van der Waals surface area contributed by atoms with E-state index in [9.17, 15) is 14.4 Å². The minimum absolute atomic E-state index is 0.0240. The molecule has 0 radical (unpaired) electrons. The summed E-state index contributed by atoms with van der Waals surface area (Å²) in [6, 6.07) is 5.04. The molecule has 0 saturated carbocycles. The van der Waals surface area contributed by atoms with Crippen molar-refractivity contribution in [1.82, 2.24) is 14.8 Å². The van der Waals surface area contributed by atoms with Crippen molar-refractivity contribution in [2.24, 2.45) is 12.8 Å². The molecular weight excluding hydrogens is 497 g/mol. The lowest BCUT2D eigenvalue weighted by Gasteiger charge is -2.07. The third-order valence-corrected chi connectivity index (χ3v) is 7.14. The molecule has 13 heteroatoms. The highest BCUT2D eigenvalue weighted by Crippen LogP contribution is 2.34. The monoisotopic (exact) mass is 513 g/mol. The zero-order valence-electron chi connectivity index (χ0n) is 17.1. The quantitative estimate of drug-likeness (QED) is 0.363. The number of esters is 1. The van der Waals surface area contributed by atoms with Gasteiger partial charge in [0, 0.05) is 17.6 Å². The SMILES string of the molecule is COC(=O)c1c(NC(=O)CSc2nnc(-c3ccc(Cl)cc3Cl)n2C)sc(C(N)=O)c1C. The van der Waals surface area contributed by atoms with Gasteiger partial charge in [-0.05, 0) is 30.7 Å². The summed E-state index contributed by atoms with van der Waals surface area (Å²) >= 11 is 14.2. The van der Waals surface area contributed by atoms with Crippen molar-refractivity contribution in [2.75, 3.05) is 18.2 Å². The molecular formula is C19H17Cl2N5O4S2. The van der Waals surface area contributed by atoms with Gasteiger partial charge in [0.15, 0.2) is 11.0 Å². The van der Waals surface area contributed by atoms with Gasteiger partial charge in [-0.2, -0.15) is 0 Å². The van der Waals surface area contributed by atoms with E-state index in [1.165, 1.54) is 7.11 Å². The van der Waals surface area contributed by atoms with Crippen LogP contribution in [-0.4, -0.2) is 45.4 Å². The first-order valence-corrected chi connectivity index (χ1v) is 11.5. The van der Waals surface area contributed by atoms with Crippen LogP contribution in [0, 0.1) is 6.92 Å². The first kappa shape index (κ1) is 24.1. The van der Waals surface area contributed by atoms with Crippen LogP contribution in [-0.2, 0) is 16.6 Å². The number of amides is 2. The zero-order chi connectivity index (χ0) is 23.6. The third-order valence-electron chi connectivity index (χ3n) is 4.35. The predicted octanol–water partition coefficient (Wildman–Crippen LogP) is 3.78. The van der Waals surface area contributed by atoms with Gasteiger partial charge in [0.05, 0.1) is 28.3 Å². The maximum Gasteiger partial charge on any atom is 0.341 e.